The van der Waals surface area contributed by atoms with Crippen LogP contribution in [0, 0.1) is 5.82 Å². The summed E-state index contributed by atoms with van der Waals surface area (Å²) in [5, 5.41) is 0.0647. The van der Waals surface area contributed by atoms with Crippen LogP contribution >= 0.6 is 11.6 Å². The fourth-order valence-corrected chi connectivity index (χ4v) is 5.51. The van der Waals surface area contributed by atoms with Crippen molar-refractivity contribution in [2.24, 2.45) is 0 Å². The van der Waals surface area contributed by atoms with E-state index in [1.165, 1.54) is 0 Å². The van der Waals surface area contributed by atoms with Gasteiger partial charge in [0.2, 0.25) is 5.88 Å². The molecule has 4 aliphatic heterocycles. The summed E-state index contributed by atoms with van der Waals surface area (Å²) in [7, 11) is 0. The lowest BCUT2D eigenvalue weighted by Crippen LogP contribution is -2.48. The van der Waals surface area contributed by atoms with Crippen LogP contribution in [0.15, 0.2) is 0 Å². The van der Waals surface area contributed by atoms with E-state index in [-0.39, 0.29) is 40.7 Å². The average molecular weight is 454 g/mol. The molecule has 0 N–H and O–H groups in total. The zero-order valence-electron chi connectivity index (χ0n) is 16.8. The molecule has 8 nitrogen and oxygen atoms in total. The average Bonchev–Trinajstić information content (AvgIpc) is 3.24. The van der Waals surface area contributed by atoms with Gasteiger partial charge in [0.1, 0.15) is 36.1 Å². The first-order valence-corrected chi connectivity index (χ1v) is 11.0. The van der Waals surface area contributed by atoms with E-state index in [0.29, 0.717) is 50.5 Å². The Labute approximate surface area is 182 Å². The second kappa shape index (κ2) is 7.25. The van der Waals surface area contributed by atoms with Crippen molar-refractivity contribution in [2.45, 2.75) is 37.0 Å². The molecule has 3 saturated heterocycles. The molecule has 0 radical (unpaired) electrons. The van der Waals surface area contributed by atoms with Crippen molar-refractivity contribution >= 4 is 28.3 Å². The maximum atomic E-state index is 15.0. The topological polar surface area (TPSA) is 72.8 Å². The molecule has 6 heterocycles. The molecule has 166 valence electrons. The Bertz CT molecular complexity index is 1050. The van der Waals surface area contributed by atoms with Gasteiger partial charge in [-0.1, -0.05) is 11.6 Å². The summed E-state index contributed by atoms with van der Waals surface area (Å²) in [6.45, 7) is 3.42. The number of pyridine rings is 1. The van der Waals surface area contributed by atoms with Gasteiger partial charge in [-0.15, -0.1) is 0 Å². The van der Waals surface area contributed by atoms with E-state index in [1.54, 1.807) is 0 Å². The minimum absolute atomic E-state index is 0.0118. The van der Waals surface area contributed by atoms with E-state index in [1.807, 2.05) is 4.90 Å². The van der Waals surface area contributed by atoms with Gasteiger partial charge in [0.25, 0.3) is 0 Å². The lowest BCUT2D eigenvalue weighted by atomic mass is 9.95. The highest BCUT2D eigenvalue weighted by molar-refractivity contribution is 6.30. The molecule has 2 aromatic heterocycles. The van der Waals surface area contributed by atoms with Crippen molar-refractivity contribution in [2.75, 3.05) is 51.0 Å². The fraction of sp³-hybridized carbons (Fsp3) is 0.650. The molecule has 0 amide bonds. The van der Waals surface area contributed by atoms with E-state index in [0.717, 1.165) is 19.4 Å². The number of hydrogen-bond acceptors (Lipinski definition) is 8. The van der Waals surface area contributed by atoms with E-state index in [2.05, 4.69) is 19.9 Å². The molecule has 2 aromatic rings. The van der Waals surface area contributed by atoms with Crippen molar-refractivity contribution in [1.29, 1.82) is 0 Å². The molecule has 0 aromatic carbocycles. The Morgan fingerprint density at radius 2 is 2.13 bits per heavy atom. The molecule has 3 atom stereocenters. The van der Waals surface area contributed by atoms with Crippen LogP contribution in [0.1, 0.15) is 19.3 Å². The van der Waals surface area contributed by atoms with Crippen LogP contribution in [0.4, 0.5) is 14.6 Å². The van der Waals surface area contributed by atoms with Crippen LogP contribution in [0.25, 0.3) is 10.9 Å². The number of anilines is 1. The molecule has 6 rings (SSSR count). The van der Waals surface area contributed by atoms with Gasteiger partial charge in [-0.3, -0.25) is 4.90 Å². The van der Waals surface area contributed by atoms with Gasteiger partial charge in [0, 0.05) is 19.5 Å². The monoisotopic (exact) mass is 453 g/mol. The summed E-state index contributed by atoms with van der Waals surface area (Å²) < 4.78 is 46.5. The van der Waals surface area contributed by atoms with Crippen molar-refractivity contribution in [3.05, 3.63) is 11.0 Å². The van der Waals surface area contributed by atoms with Crippen LogP contribution < -0.4 is 14.4 Å². The maximum absolute atomic E-state index is 15.0. The zero-order valence-corrected chi connectivity index (χ0v) is 17.6. The lowest BCUT2D eigenvalue weighted by Gasteiger charge is -2.35. The summed E-state index contributed by atoms with van der Waals surface area (Å²) in [5.74, 6) is -0.0389. The summed E-state index contributed by atoms with van der Waals surface area (Å²) in [6, 6.07) is -0.0490. The molecule has 0 aliphatic carbocycles. The number of ether oxygens (including phenoxy) is 3. The highest BCUT2D eigenvalue weighted by Gasteiger charge is 2.49. The molecule has 0 saturated carbocycles. The first kappa shape index (κ1) is 19.6. The second-order valence-electron chi connectivity index (χ2n) is 8.67. The molecule has 3 fully saturated rings. The van der Waals surface area contributed by atoms with Crippen LogP contribution in [0.3, 0.4) is 0 Å². The summed E-state index contributed by atoms with van der Waals surface area (Å²) in [6.07, 6.45) is 1.44. The Balaban J connectivity index is 1.41. The van der Waals surface area contributed by atoms with Gasteiger partial charge in [-0.05, 0) is 19.4 Å². The minimum atomic E-state index is -0.859. The van der Waals surface area contributed by atoms with Gasteiger partial charge < -0.3 is 19.1 Å². The van der Waals surface area contributed by atoms with E-state index >= 15 is 0 Å². The third-order valence-electron chi connectivity index (χ3n) is 6.81. The van der Waals surface area contributed by atoms with Gasteiger partial charge in [0.05, 0.1) is 24.8 Å². The molecule has 31 heavy (non-hydrogen) atoms. The van der Waals surface area contributed by atoms with E-state index < -0.39 is 12.0 Å². The van der Waals surface area contributed by atoms with Gasteiger partial charge in [0.15, 0.2) is 11.0 Å². The van der Waals surface area contributed by atoms with Crippen molar-refractivity contribution in [3.63, 3.8) is 0 Å². The van der Waals surface area contributed by atoms with Gasteiger partial charge in [-0.2, -0.15) is 15.0 Å². The quantitative estimate of drug-likeness (QED) is 0.656. The smallest absolute Gasteiger partial charge is 0.319 e. The van der Waals surface area contributed by atoms with Crippen molar-refractivity contribution < 1.29 is 23.0 Å². The predicted molar refractivity (Wildman–Crippen MR) is 108 cm³/mol. The summed E-state index contributed by atoms with van der Waals surface area (Å²) in [5.41, 5.74) is -0.339. The summed E-state index contributed by atoms with van der Waals surface area (Å²) in [4.78, 5) is 17.2. The fourth-order valence-electron chi connectivity index (χ4n) is 5.35. The first-order chi connectivity index (χ1) is 15.0. The number of nitrogens with zero attached hydrogens (tertiary/aromatic N) is 5. The SMILES string of the molecule is Fc1c(Cl)nc2c3c(nc(OC[C@@]45CCCN4C[C@H](F)C5)nc13)N1CCOC[C@H]1CO2. The predicted octanol–water partition coefficient (Wildman–Crippen LogP) is 2.37. The number of hydrogen-bond donors (Lipinski definition) is 0. The zero-order chi connectivity index (χ0) is 21.2. The van der Waals surface area contributed by atoms with Gasteiger partial charge >= 0.3 is 6.01 Å². The Morgan fingerprint density at radius 3 is 3.03 bits per heavy atom. The molecule has 0 spiro atoms. The molecule has 0 unspecified atom stereocenters. The molecule has 11 heteroatoms. The van der Waals surface area contributed by atoms with Crippen LogP contribution in [-0.4, -0.2) is 83.7 Å². The first-order valence-electron chi connectivity index (χ1n) is 10.6. The lowest BCUT2D eigenvalue weighted by molar-refractivity contribution is 0.0773. The highest BCUT2D eigenvalue weighted by Crippen LogP contribution is 2.42. The molecule has 0 bridgehead atoms. The largest absolute Gasteiger partial charge is 0.475 e. The molecular weight excluding hydrogens is 432 g/mol. The number of fused-ring (bicyclic) bond motifs is 3. The molecular formula is C20H22ClF2N5O3. The van der Waals surface area contributed by atoms with Crippen molar-refractivity contribution in [1.82, 2.24) is 19.9 Å². The van der Waals surface area contributed by atoms with E-state index in [4.69, 9.17) is 25.8 Å². The number of alkyl halides is 1. The Hall–Kier alpha value is -2.04. The highest BCUT2D eigenvalue weighted by atomic mass is 35.5. The number of aromatic nitrogens is 3. The van der Waals surface area contributed by atoms with Crippen molar-refractivity contribution in [3.8, 4) is 11.9 Å². The normalized spacial score (nSPS) is 30.1. The van der Waals surface area contributed by atoms with Crippen LogP contribution in [-0.2, 0) is 4.74 Å². The number of rotatable bonds is 3. The second-order valence-corrected chi connectivity index (χ2v) is 9.03. The Kier molecular flexibility index (Phi) is 4.59. The van der Waals surface area contributed by atoms with Crippen LogP contribution in [0.5, 0.6) is 11.9 Å². The Morgan fingerprint density at radius 1 is 1.23 bits per heavy atom. The minimum Gasteiger partial charge on any atom is -0.475 e. The third-order valence-corrected chi connectivity index (χ3v) is 7.07. The summed E-state index contributed by atoms with van der Waals surface area (Å²) >= 11 is 6.02. The number of halogens is 3. The van der Waals surface area contributed by atoms with Gasteiger partial charge in [-0.25, -0.2) is 8.78 Å². The molecule has 4 aliphatic rings. The maximum Gasteiger partial charge on any atom is 0.319 e. The van der Waals surface area contributed by atoms with E-state index in [9.17, 15) is 8.78 Å². The van der Waals surface area contributed by atoms with Crippen LogP contribution in [0.2, 0.25) is 5.15 Å². The third kappa shape index (κ3) is 3.10. The standard InChI is InChI=1S/C20H22ClF2N5O3/c21-16-14(23)15-13-17(28-4-5-29-8-12(28)9-30-18(13)25-16)26-19(24-15)31-10-20-2-1-3-27(20)7-11(22)6-20/h11-12H,1-10H2/t11-,12+,20+/m1/s1. The number of morpholine rings is 1.